The molecule has 1 aromatic carbocycles. The Morgan fingerprint density at radius 1 is 1.28 bits per heavy atom. The molecular weight excluding hydrogens is 224 g/mol. The van der Waals surface area contributed by atoms with Crippen LogP contribution in [0.3, 0.4) is 0 Å². The Hall–Kier alpha value is -1.58. The Balaban J connectivity index is 2.12. The maximum absolute atomic E-state index is 9.23. The van der Waals surface area contributed by atoms with Crippen molar-refractivity contribution in [1.29, 1.82) is 0 Å². The minimum absolute atomic E-state index is 0.313. The van der Waals surface area contributed by atoms with E-state index in [4.69, 9.17) is 0 Å². The molecule has 96 valence electrons. The molecule has 18 heavy (non-hydrogen) atoms. The molecule has 0 aliphatic rings. The Labute approximate surface area is 108 Å². The largest absolute Gasteiger partial charge is 0.392 e. The summed E-state index contributed by atoms with van der Waals surface area (Å²) in [6.45, 7) is 5.25. The van der Waals surface area contributed by atoms with E-state index in [1.807, 2.05) is 6.07 Å². The Bertz CT molecular complexity index is 503. The van der Waals surface area contributed by atoms with Crippen LogP contribution < -0.4 is 5.32 Å². The maximum atomic E-state index is 9.23. The summed E-state index contributed by atoms with van der Waals surface area (Å²) in [5, 5.41) is 12.5. The lowest BCUT2D eigenvalue weighted by atomic mass is 10.2. The number of hydrogen-bond acceptors (Lipinski definition) is 2. The van der Waals surface area contributed by atoms with Gasteiger partial charge in [-0.25, -0.2) is 0 Å². The predicted octanol–water partition coefficient (Wildman–Crippen LogP) is 2.26. The topological polar surface area (TPSA) is 37.2 Å². The molecule has 0 saturated heterocycles. The first-order valence-corrected chi connectivity index (χ1v) is 6.29. The van der Waals surface area contributed by atoms with E-state index in [0.717, 1.165) is 6.54 Å². The first-order valence-electron chi connectivity index (χ1n) is 6.29. The van der Waals surface area contributed by atoms with Gasteiger partial charge in [-0.05, 0) is 43.7 Å². The Morgan fingerprint density at radius 3 is 2.83 bits per heavy atom. The molecule has 3 heteroatoms. The molecule has 1 unspecified atom stereocenters. The van der Waals surface area contributed by atoms with E-state index in [0.29, 0.717) is 6.54 Å². The molecule has 0 radical (unpaired) electrons. The van der Waals surface area contributed by atoms with E-state index in [-0.39, 0.29) is 6.10 Å². The highest BCUT2D eigenvalue weighted by Crippen LogP contribution is 2.14. The molecule has 3 nitrogen and oxygen atoms in total. The van der Waals surface area contributed by atoms with Crippen molar-refractivity contribution in [3.63, 3.8) is 0 Å². The second kappa shape index (κ2) is 5.85. The highest BCUT2D eigenvalue weighted by Gasteiger charge is 2.03. The summed E-state index contributed by atoms with van der Waals surface area (Å²) in [5.41, 5.74) is 3.62. The number of hydrogen-bond donors (Lipinski definition) is 2. The van der Waals surface area contributed by atoms with Crippen molar-refractivity contribution in [3.05, 3.63) is 53.9 Å². The standard InChI is InChI=1S/C15H20N2O/c1-12-5-3-6-14(9-12)17-8-4-7-15(17)11-16-10-13(2)18/h3-9,13,16,18H,10-11H2,1-2H3. The number of aryl methyl sites for hydroxylation is 1. The number of aliphatic hydroxyl groups is 1. The minimum Gasteiger partial charge on any atom is -0.392 e. The highest BCUT2D eigenvalue weighted by molar-refractivity contribution is 5.37. The number of aromatic nitrogens is 1. The van der Waals surface area contributed by atoms with Crippen molar-refractivity contribution in [3.8, 4) is 5.69 Å². The van der Waals surface area contributed by atoms with Gasteiger partial charge in [-0.1, -0.05) is 12.1 Å². The van der Waals surface area contributed by atoms with Crippen LogP contribution in [0.4, 0.5) is 0 Å². The van der Waals surface area contributed by atoms with E-state index < -0.39 is 0 Å². The van der Waals surface area contributed by atoms with Gasteiger partial charge in [0.25, 0.3) is 0 Å². The van der Waals surface area contributed by atoms with Crippen molar-refractivity contribution >= 4 is 0 Å². The molecule has 2 aromatic rings. The quantitative estimate of drug-likeness (QED) is 0.846. The van der Waals surface area contributed by atoms with Gasteiger partial charge in [-0.2, -0.15) is 0 Å². The van der Waals surface area contributed by atoms with Crippen molar-refractivity contribution in [2.24, 2.45) is 0 Å². The van der Waals surface area contributed by atoms with E-state index in [9.17, 15) is 5.11 Å². The van der Waals surface area contributed by atoms with Crippen molar-refractivity contribution in [2.45, 2.75) is 26.5 Å². The molecule has 0 spiro atoms. The minimum atomic E-state index is -0.313. The van der Waals surface area contributed by atoms with Crippen LogP contribution >= 0.6 is 0 Å². The van der Waals surface area contributed by atoms with E-state index in [1.165, 1.54) is 16.9 Å². The van der Waals surface area contributed by atoms with Gasteiger partial charge in [0.2, 0.25) is 0 Å². The van der Waals surface area contributed by atoms with E-state index in [2.05, 4.69) is 53.3 Å². The van der Waals surface area contributed by atoms with Crippen LogP contribution in [0.1, 0.15) is 18.2 Å². The smallest absolute Gasteiger partial charge is 0.0636 e. The van der Waals surface area contributed by atoms with Crippen LogP contribution in [-0.4, -0.2) is 22.3 Å². The number of rotatable bonds is 5. The monoisotopic (exact) mass is 244 g/mol. The molecule has 0 fully saturated rings. The fourth-order valence-corrected chi connectivity index (χ4v) is 2.00. The number of nitrogens with one attached hydrogen (secondary N) is 1. The van der Waals surface area contributed by atoms with Crippen molar-refractivity contribution in [1.82, 2.24) is 9.88 Å². The molecule has 0 aliphatic carbocycles. The van der Waals surface area contributed by atoms with Gasteiger partial charge in [-0.15, -0.1) is 0 Å². The third-order valence-electron chi connectivity index (χ3n) is 2.86. The summed E-state index contributed by atoms with van der Waals surface area (Å²) in [7, 11) is 0. The van der Waals surface area contributed by atoms with Crippen LogP contribution in [0.25, 0.3) is 5.69 Å². The average Bonchev–Trinajstić information content (AvgIpc) is 2.77. The molecule has 1 atom stereocenters. The number of aliphatic hydroxyl groups excluding tert-OH is 1. The SMILES string of the molecule is Cc1cccc(-n2cccc2CNCC(C)O)c1. The third-order valence-corrected chi connectivity index (χ3v) is 2.86. The maximum Gasteiger partial charge on any atom is 0.0636 e. The van der Waals surface area contributed by atoms with Crippen LogP contribution in [0.2, 0.25) is 0 Å². The van der Waals surface area contributed by atoms with E-state index in [1.54, 1.807) is 6.92 Å². The second-order valence-corrected chi connectivity index (χ2v) is 4.69. The summed E-state index contributed by atoms with van der Waals surface area (Å²) in [6, 6.07) is 12.6. The zero-order valence-corrected chi connectivity index (χ0v) is 10.9. The van der Waals surface area contributed by atoms with Gasteiger partial charge in [0.15, 0.2) is 0 Å². The zero-order valence-electron chi connectivity index (χ0n) is 10.9. The number of nitrogens with zero attached hydrogens (tertiary/aromatic N) is 1. The Morgan fingerprint density at radius 2 is 2.11 bits per heavy atom. The predicted molar refractivity (Wildman–Crippen MR) is 73.9 cm³/mol. The molecular formula is C15H20N2O. The second-order valence-electron chi connectivity index (χ2n) is 4.69. The summed E-state index contributed by atoms with van der Waals surface area (Å²) in [5.74, 6) is 0. The first-order chi connectivity index (χ1) is 8.66. The van der Waals surface area contributed by atoms with E-state index >= 15 is 0 Å². The average molecular weight is 244 g/mol. The lowest BCUT2D eigenvalue weighted by Crippen LogP contribution is -2.24. The summed E-state index contributed by atoms with van der Waals surface area (Å²) >= 11 is 0. The molecule has 0 saturated carbocycles. The highest BCUT2D eigenvalue weighted by atomic mass is 16.3. The van der Waals surface area contributed by atoms with Gasteiger partial charge in [0.05, 0.1) is 6.10 Å². The van der Waals surface area contributed by atoms with Gasteiger partial charge < -0.3 is 15.0 Å². The van der Waals surface area contributed by atoms with Crippen LogP contribution in [0, 0.1) is 6.92 Å². The van der Waals surface area contributed by atoms with Crippen LogP contribution in [-0.2, 0) is 6.54 Å². The van der Waals surface area contributed by atoms with Crippen LogP contribution in [0.5, 0.6) is 0 Å². The molecule has 0 amide bonds. The van der Waals surface area contributed by atoms with Crippen molar-refractivity contribution < 1.29 is 5.11 Å². The molecule has 1 aromatic heterocycles. The summed E-state index contributed by atoms with van der Waals surface area (Å²) in [4.78, 5) is 0. The normalized spacial score (nSPS) is 12.6. The first kappa shape index (κ1) is 12.9. The molecule has 2 rings (SSSR count). The fourth-order valence-electron chi connectivity index (χ4n) is 2.00. The zero-order chi connectivity index (χ0) is 13.0. The third kappa shape index (κ3) is 3.22. The molecule has 0 aliphatic heterocycles. The van der Waals surface area contributed by atoms with Crippen molar-refractivity contribution in [2.75, 3.05) is 6.54 Å². The summed E-state index contributed by atoms with van der Waals surface area (Å²) < 4.78 is 2.17. The molecule has 0 bridgehead atoms. The van der Waals surface area contributed by atoms with Crippen LogP contribution in [0.15, 0.2) is 42.6 Å². The lowest BCUT2D eigenvalue weighted by Gasteiger charge is -2.11. The lowest BCUT2D eigenvalue weighted by molar-refractivity contribution is 0.190. The molecule has 2 N–H and O–H groups in total. The number of benzene rings is 1. The van der Waals surface area contributed by atoms with Gasteiger partial charge in [-0.3, -0.25) is 0 Å². The van der Waals surface area contributed by atoms with Gasteiger partial charge in [0, 0.05) is 30.7 Å². The Kier molecular flexibility index (Phi) is 4.18. The molecule has 1 heterocycles. The summed E-state index contributed by atoms with van der Waals surface area (Å²) in [6.07, 6.45) is 1.75. The van der Waals surface area contributed by atoms with Gasteiger partial charge in [0.1, 0.15) is 0 Å². The fraction of sp³-hybridized carbons (Fsp3) is 0.333. The van der Waals surface area contributed by atoms with Gasteiger partial charge >= 0.3 is 0 Å².